The predicted molar refractivity (Wildman–Crippen MR) is 134 cm³/mol. The first-order valence-electron chi connectivity index (χ1n) is 10.9. The van der Waals surface area contributed by atoms with Gasteiger partial charge >= 0.3 is 18.6 Å². The third-order valence-electron chi connectivity index (χ3n) is 5.63. The van der Waals surface area contributed by atoms with Crippen molar-refractivity contribution in [3.05, 3.63) is 74.2 Å². The van der Waals surface area contributed by atoms with E-state index in [0.717, 1.165) is 25.5 Å². The second kappa shape index (κ2) is 11.2. The molecular weight excluding hydrogens is 549 g/mol. The number of aromatic nitrogens is 1. The van der Waals surface area contributed by atoms with Gasteiger partial charge in [-0.2, -0.15) is 8.78 Å². The topological polar surface area (TPSA) is 140 Å². The van der Waals surface area contributed by atoms with Crippen molar-refractivity contribution < 1.29 is 32.2 Å². The number of amides is 1. The lowest BCUT2D eigenvalue weighted by Gasteiger charge is -2.32. The number of ether oxygens (including phenoxy) is 2. The van der Waals surface area contributed by atoms with Crippen LogP contribution in [0, 0.1) is 5.82 Å². The first kappa shape index (κ1) is 27.1. The highest BCUT2D eigenvalue weighted by Gasteiger charge is 2.49. The number of alkyl carbamates (subject to hydrolysis) is 1. The molecule has 15 heteroatoms. The van der Waals surface area contributed by atoms with E-state index >= 15 is 0 Å². The zero-order valence-corrected chi connectivity index (χ0v) is 21.2. The summed E-state index contributed by atoms with van der Waals surface area (Å²) < 4.78 is 49.1. The lowest BCUT2D eigenvalue weighted by atomic mass is 9.87. The smallest absolute Gasteiger partial charge is 0.408 e. The molecule has 0 bridgehead atoms. The Morgan fingerprint density at radius 1 is 1.47 bits per heavy atom. The molecule has 1 aromatic carbocycles. The Balaban J connectivity index is 1.93. The molecule has 1 amide bonds. The van der Waals surface area contributed by atoms with E-state index in [2.05, 4.69) is 20.6 Å². The summed E-state index contributed by atoms with van der Waals surface area (Å²) in [6.45, 7) is -3.33. The maximum atomic E-state index is 13.9. The minimum absolute atomic E-state index is 0.0187. The number of rotatable bonds is 8. The molecule has 1 fully saturated rings. The summed E-state index contributed by atoms with van der Waals surface area (Å²) in [6, 6.07) is 2.68. The molecule has 3 heterocycles. The zero-order chi connectivity index (χ0) is 27.4. The Kier molecular flexibility index (Phi) is 8.02. The summed E-state index contributed by atoms with van der Waals surface area (Å²) in [5.41, 5.74) is 5.43. The van der Waals surface area contributed by atoms with Crippen LogP contribution in [0.1, 0.15) is 23.0 Å². The number of hydrogen-bond donors (Lipinski definition) is 3. The molecule has 4 rings (SSSR count). The van der Waals surface area contributed by atoms with Gasteiger partial charge in [-0.1, -0.05) is 17.7 Å². The zero-order valence-electron chi connectivity index (χ0n) is 19.6. The molecule has 1 aromatic heterocycles. The summed E-state index contributed by atoms with van der Waals surface area (Å²) >= 11 is 7.65. The summed E-state index contributed by atoms with van der Waals surface area (Å²) in [5.74, 6) is -1.12. The minimum atomic E-state index is -2.97. The molecule has 2 atom stereocenters. The number of carbonyl (C=O) groups excluding carboxylic acids is 2. The van der Waals surface area contributed by atoms with Crippen molar-refractivity contribution in [2.45, 2.75) is 24.6 Å². The van der Waals surface area contributed by atoms with Crippen LogP contribution >= 0.6 is 22.9 Å². The molecule has 4 N–H and O–H groups in total. The van der Waals surface area contributed by atoms with Crippen LogP contribution in [0.2, 0.25) is 5.02 Å². The maximum absolute atomic E-state index is 13.9. The van der Waals surface area contributed by atoms with Crippen LogP contribution in [0.3, 0.4) is 0 Å². The second-order valence-electron chi connectivity index (χ2n) is 8.05. The quantitative estimate of drug-likeness (QED) is 0.252. The highest BCUT2D eigenvalue weighted by molar-refractivity contribution is 7.11. The molecule has 0 spiro atoms. The number of nitrogens with one attached hydrogen (secondary N) is 2. The first-order valence-corrected chi connectivity index (χ1v) is 12.1. The van der Waals surface area contributed by atoms with Crippen LogP contribution in [0.4, 0.5) is 18.0 Å². The van der Waals surface area contributed by atoms with Gasteiger partial charge in [-0.05, 0) is 18.2 Å². The number of alkyl halides is 2. The molecule has 2 aliphatic rings. The average Bonchev–Trinajstić information content (AvgIpc) is 3.53. The Morgan fingerprint density at radius 3 is 2.87 bits per heavy atom. The van der Waals surface area contributed by atoms with E-state index in [1.54, 1.807) is 11.6 Å². The van der Waals surface area contributed by atoms with E-state index in [0.29, 0.717) is 10.6 Å². The van der Waals surface area contributed by atoms with Crippen molar-refractivity contribution in [2.75, 3.05) is 13.7 Å². The van der Waals surface area contributed by atoms with Crippen LogP contribution < -0.4 is 16.4 Å². The molecule has 200 valence electrons. The van der Waals surface area contributed by atoms with Crippen molar-refractivity contribution in [3.8, 4) is 0 Å². The predicted octanol–water partition coefficient (Wildman–Crippen LogP) is 3.46. The van der Waals surface area contributed by atoms with Gasteiger partial charge in [-0.3, -0.25) is 4.99 Å². The third kappa shape index (κ3) is 5.65. The fraction of sp³-hybridized carbons (Fsp3) is 0.261. The van der Waals surface area contributed by atoms with Crippen LogP contribution in [-0.2, 0) is 14.3 Å². The number of amidine groups is 1. The van der Waals surface area contributed by atoms with Gasteiger partial charge in [-0.25, -0.2) is 24.0 Å². The van der Waals surface area contributed by atoms with Crippen LogP contribution in [0.25, 0.3) is 0 Å². The molecule has 1 saturated heterocycles. The normalized spacial score (nSPS) is 21.8. The van der Waals surface area contributed by atoms with Crippen molar-refractivity contribution in [1.82, 2.24) is 15.6 Å². The Morgan fingerprint density at radius 2 is 2.26 bits per heavy atom. The summed E-state index contributed by atoms with van der Waals surface area (Å²) in [4.78, 5) is 36.7. The summed E-state index contributed by atoms with van der Waals surface area (Å²) in [5, 5.41) is 7.77. The van der Waals surface area contributed by atoms with Gasteiger partial charge in [0.2, 0.25) is 0 Å². The van der Waals surface area contributed by atoms with E-state index in [-0.39, 0.29) is 40.9 Å². The molecule has 0 aliphatic carbocycles. The SMILES string of the molecule is COC(=O)[C@]1(CC2=C(C(N)=CC=NC(F)F)[C@H](c3ccc(F)cc3Cl)N=C(c3nccs3)N2)COC(=O)N1. The number of carbonyl (C=O) groups is 2. The van der Waals surface area contributed by atoms with Crippen molar-refractivity contribution in [2.24, 2.45) is 15.7 Å². The van der Waals surface area contributed by atoms with E-state index in [4.69, 9.17) is 31.8 Å². The van der Waals surface area contributed by atoms with Gasteiger partial charge in [0, 0.05) is 51.8 Å². The lowest BCUT2D eigenvalue weighted by molar-refractivity contribution is -0.148. The minimum Gasteiger partial charge on any atom is -0.467 e. The number of nitrogens with zero attached hydrogens (tertiary/aromatic N) is 3. The van der Waals surface area contributed by atoms with Gasteiger partial charge in [0.15, 0.2) is 16.4 Å². The van der Waals surface area contributed by atoms with Gasteiger partial charge < -0.3 is 25.8 Å². The molecular formula is C23H20ClF3N6O4S. The second-order valence-corrected chi connectivity index (χ2v) is 9.35. The van der Waals surface area contributed by atoms with Crippen LogP contribution in [0.5, 0.6) is 0 Å². The van der Waals surface area contributed by atoms with Gasteiger partial charge in [0.25, 0.3) is 0 Å². The van der Waals surface area contributed by atoms with Crippen molar-refractivity contribution in [3.63, 3.8) is 0 Å². The van der Waals surface area contributed by atoms with E-state index < -0.39 is 36.0 Å². The highest BCUT2D eigenvalue weighted by atomic mass is 35.5. The fourth-order valence-electron chi connectivity index (χ4n) is 3.98. The first-order chi connectivity index (χ1) is 18.1. The van der Waals surface area contributed by atoms with Gasteiger partial charge in [0.1, 0.15) is 18.5 Å². The van der Waals surface area contributed by atoms with E-state index in [9.17, 15) is 22.8 Å². The summed E-state index contributed by atoms with van der Waals surface area (Å²) in [7, 11) is 1.15. The van der Waals surface area contributed by atoms with Crippen molar-refractivity contribution in [1.29, 1.82) is 0 Å². The van der Waals surface area contributed by atoms with E-state index in [1.165, 1.54) is 23.5 Å². The number of benzene rings is 1. The average molecular weight is 569 g/mol. The van der Waals surface area contributed by atoms with Gasteiger partial charge in [-0.15, -0.1) is 11.3 Å². The lowest BCUT2D eigenvalue weighted by Crippen LogP contribution is -2.53. The number of hydrogen-bond acceptors (Lipinski definition) is 10. The third-order valence-corrected chi connectivity index (χ3v) is 6.73. The standard InChI is InChI=1S/C23H20ClF3N6O4S/c1-36-20(34)23(10-37-22(35)33-23)9-15-16(14(28)4-5-30-21(26)27)17(12-3-2-11(25)8-13(12)24)32-18(31-15)19-29-6-7-38-19/h2-8,17,21H,9-10,28H2,1H3,(H,31,32)(H,33,35)/t17-,23-/m0/s1. The number of allylic oxidation sites excluding steroid dienone is 1. The summed E-state index contributed by atoms with van der Waals surface area (Å²) in [6.07, 6.45) is 2.43. The monoisotopic (exact) mass is 568 g/mol. The Hall–Kier alpha value is -3.91. The number of halogens is 4. The highest BCUT2D eigenvalue weighted by Crippen LogP contribution is 2.40. The Labute approximate surface area is 223 Å². The largest absolute Gasteiger partial charge is 0.467 e. The molecule has 10 nitrogen and oxygen atoms in total. The number of thiazole rings is 1. The molecule has 0 radical (unpaired) electrons. The van der Waals surface area contributed by atoms with Crippen LogP contribution in [-0.4, -0.2) is 54.9 Å². The molecule has 0 unspecified atom stereocenters. The number of methoxy groups -OCH3 is 1. The molecule has 38 heavy (non-hydrogen) atoms. The van der Waals surface area contributed by atoms with Crippen LogP contribution in [0.15, 0.2) is 62.8 Å². The number of cyclic esters (lactones) is 1. The Bertz CT molecular complexity index is 1360. The van der Waals surface area contributed by atoms with Crippen molar-refractivity contribution >= 4 is 47.1 Å². The number of aliphatic imine (C=N–C) groups is 2. The van der Waals surface area contributed by atoms with E-state index in [1.807, 2.05) is 0 Å². The number of nitrogens with two attached hydrogens (primary N) is 1. The maximum Gasteiger partial charge on any atom is 0.408 e. The number of esters is 1. The molecule has 0 saturated carbocycles. The fourth-order valence-corrected chi connectivity index (χ4v) is 4.84. The molecule has 2 aromatic rings. The molecule has 2 aliphatic heterocycles. The van der Waals surface area contributed by atoms with Gasteiger partial charge in [0.05, 0.1) is 7.11 Å².